The molecule has 1 heterocycles. The molecule has 0 bridgehead atoms. The number of ether oxygens (including phenoxy) is 2. The molecule has 8 heteroatoms. The lowest BCUT2D eigenvalue weighted by Crippen LogP contribution is -2.47. The summed E-state index contributed by atoms with van der Waals surface area (Å²) in [5.74, 6) is 0.810. The van der Waals surface area contributed by atoms with Crippen LogP contribution in [-0.2, 0) is 16.1 Å². The maximum absolute atomic E-state index is 13.1. The average molecular weight is 499 g/mol. The molecule has 1 aromatic rings. The van der Waals surface area contributed by atoms with E-state index < -0.39 is 21.7 Å². The Kier molecular flexibility index (Phi) is 9.57. The summed E-state index contributed by atoms with van der Waals surface area (Å²) in [6, 6.07) is 3.61. The Labute approximate surface area is 207 Å². The Morgan fingerprint density at radius 2 is 1.91 bits per heavy atom. The Morgan fingerprint density at radius 3 is 2.42 bits per heavy atom. The van der Waals surface area contributed by atoms with Gasteiger partial charge in [-0.15, -0.1) is 4.72 Å². The van der Waals surface area contributed by atoms with Gasteiger partial charge in [-0.2, -0.15) is 0 Å². The van der Waals surface area contributed by atoms with E-state index >= 15 is 0 Å². The summed E-state index contributed by atoms with van der Waals surface area (Å²) in [4.78, 5) is 14.3. The van der Waals surface area contributed by atoms with E-state index in [1.807, 2.05) is 60.6 Å². The van der Waals surface area contributed by atoms with Gasteiger partial charge in [0.2, 0.25) is 0 Å². The van der Waals surface area contributed by atoms with E-state index in [2.05, 4.69) is 11.3 Å². The Balaban J connectivity index is 2.32. The third-order valence-corrected chi connectivity index (χ3v) is 7.42. The number of carbonyl (C=O) groups is 1. The summed E-state index contributed by atoms with van der Waals surface area (Å²) in [5, 5.41) is 0.619. The highest BCUT2D eigenvalue weighted by atomic mass is 35.5. The number of hydrogen-bond donors (Lipinski definition) is 1. The molecule has 0 saturated carbocycles. The number of aryl methyl sites for hydroxylation is 1. The molecule has 186 valence electrons. The van der Waals surface area contributed by atoms with Crippen molar-refractivity contribution in [1.82, 2.24) is 9.62 Å². The van der Waals surface area contributed by atoms with Gasteiger partial charge in [-0.25, -0.2) is 4.79 Å². The number of piperidine rings is 1. The first-order chi connectivity index (χ1) is 15.2. The molecule has 2 unspecified atom stereocenters. The van der Waals surface area contributed by atoms with Crippen LogP contribution in [0.4, 0.5) is 4.79 Å². The molecule has 0 aliphatic carbocycles. The summed E-state index contributed by atoms with van der Waals surface area (Å²) < 4.78 is 27.6. The van der Waals surface area contributed by atoms with Gasteiger partial charge in [0.05, 0.1) is 6.04 Å². The fraction of sp³-hybridized carbons (Fsp3) is 0.640. The predicted molar refractivity (Wildman–Crippen MR) is 136 cm³/mol. The second-order valence-electron chi connectivity index (χ2n) is 10.5. The standard InChI is InChI=1S/C25H39ClN2O4S/c1-9-14-31-21-16-20(26)17(2)15-19(21)22(27-33(30)25(6,7)8)18-10-12-28(13-11-18)23(29)32-24(3,4)5/h9,15-16,18,22,27H,1,10-14H2,2-8H3. The molecule has 0 radical (unpaired) electrons. The normalized spacial score (nSPS) is 17.4. The van der Waals surface area contributed by atoms with Crippen molar-refractivity contribution in [3.63, 3.8) is 0 Å². The van der Waals surface area contributed by atoms with Gasteiger partial charge in [-0.3, -0.25) is 0 Å². The monoisotopic (exact) mass is 498 g/mol. The first kappa shape index (κ1) is 27.8. The molecule has 6 nitrogen and oxygen atoms in total. The van der Waals surface area contributed by atoms with E-state index in [0.29, 0.717) is 30.5 Å². The van der Waals surface area contributed by atoms with Crippen molar-refractivity contribution >= 4 is 29.1 Å². The van der Waals surface area contributed by atoms with Gasteiger partial charge in [0, 0.05) is 35.0 Å². The molecule has 2 atom stereocenters. The summed E-state index contributed by atoms with van der Waals surface area (Å²) in [7, 11) is 0. The molecular weight excluding hydrogens is 460 g/mol. The van der Waals surface area contributed by atoms with Gasteiger partial charge in [0.15, 0.2) is 0 Å². The van der Waals surface area contributed by atoms with Crippen molar-refractivity contribution in [2.24, 2.45) is 5.92 Å². The molecular formula is C25H39ClN2O4S. The number of likely N-dealkylation sites (tertiary alicyclic amines) is 1. The highest BCUT2D eigenvalue weighted by Gasteiger charge is 2.38. The number of halogens is 1. The molecule has 1 aliphatic heterocycles. The fourth-order valence-electron chi connectivity index (χ4n) is 3.65. The SMILES string of the molecule is C=CCOc1cc(Cl)c(C)cc1C(N[S+]([O-])C(C)(C)C)C1CCN(C(=O)OC(C)(C)C)CC1. The van der Waals surface area contributed by atoms with Crippen molar-refractivity contribution in [3.05, 3.63) is 40.9 Å². The van der Waals surface area contributed by atoms with Crippen molar-refractivity contribution in [3.8, 4) is 5.75 Å². The quantitative estimate of drug-likeness (QED) is 0.371. The number of rotatable bonds is 7. The topological polar surface area (TPSA) is 73.9 Å². The van der Waals surface area contributed by atoms with Crippen LogP contribution in [-0.4, -0.2) is 45.6 Å². The number of benzene rings is 1. The van der Waals surface area contributed by atoms with Gasteiger partial charge in [0.25, 0.3) is 0 Å². The minimum absolute atomic E-state index is 0.154. The van der Waals surface area contributed by atoms with Crippen LogP contribution in [0.2, 0.25) is 5.02 Å². The first-order valence-corrected chi connectivity index (χ1v) is 13.0. The van der Waals surface area contributed by atoms with Gasteiger partial charge >= 0.3 is 6.09 Å². The lowest BCUT2D eigenvalue weighted by atomic mass is 9.85. The Hall–Kier alpha value is -1.41. The molecule has 1 N–H and O–H groups in total. The minimum atomic E-state index is -1.29. The summed E-state index contributed by atoms with van der Waals surface area (Å²) in [6.45, 7) is 18.6. The van der Waals surface area contributed by atoms with Crippen LogP contribution in [0.1, 0.15) is 71.6 Å². The van der Waals surface area contributed by atoms with Gasteiger partial charge in [-0.05, 0) is 84.9 Å². The second kappa shape index (κ2) is 11.3. The second-order valence-corrected chi connectivity index (χ2v) is 12.9. The predicted octanol–water partition coefficient (Wildman–Crippen LogP) is 5.95. The lowest BCUT2D eigenvalue weighted by Gasteiger charge is -2.38. The smallest absolute Gasteiger partial charge is 0.410 e. The van der Waals surface area contributed by atoms with E-state index in [-0.39, 0.29) is 18.1 Å². The van der Waals surface area contributed by atoms with Gasteiger partial charge < -0.3 is 18.9 Å². The minimum Gasteiger partial charge on any atom is -0.598 e. The zero-order valence-electron chi connectivity index (χ0n) is 21.0. The number of hydrogen-bond acceptors (Lipinski definition) is 5. The summed E-state index contributed by atoms with van der Waals surface area (Å²) in [6.07, 6.45) is 2.90. The Bertz CT molecular complexity index is 827. The van der Waals surface area contributed by atoms with Gasteiger partial charge in [0.1, 0.15) is 22.7 Å². The molecule has 1 saturated heterocycles. The number of carbonyl (C=O) groups excluding carboxylic acids is 1. The number of nitrogens with one attached hydrogen (secondary N) is 1. The van der Waals surface area contributed by atoms with E-state index in [1.54, 1.807) is 11.0 Å². The van der Waals surface area contributed by atoms with Crippen LogP contribution in [0.5, 0.6) is 5.75 Å². The van der Waals surface area contributed by atoms with Crippen molar-refractivity contribution in [2.75, 3.05) is 19.7 Å². The molecule has 1 amide bonds. The molecule has 1 aromatic carbocycles. The lowest BCUT2D eigenvalue weighted by molar-refractivity contribution is 0.0171. The van der Waals surface area contributed by atoms with Crippen LogP contribution in [0, 0.1) is 12.8 Å². The summed E-state index contributed by atoms with van der Waals surface area (Å²) in [5.41, 5.74) is 1.32. The number of nitrogens with zero attached hydrogens (tertiary/aromatic N) is 1. The molecule has 33 heavy (non-hydrogen) atoms. The summed E-state index contributed by atoms with van der Waals surface area (Å²) >= 11 is 5.11. The molecule has 0 aromatic heterocycles. The van der Waals surface area contributed by atoms with Crippen LogP contribution in [0.15, 0.2) is 24.8 Å². The third kappa shape index (κ3) is 8.09. The largest absolute Gasteiger partial charge is 0.598 e. The Morgan fingerprint density at radius 1 is 1.30 bits per heavy atom. The first-order valence-electron chi connectivity index (χ1n) is 11.4. The van der Waals surface area contributed by atoms with E-state index in [0.717, 1.165) is 24.0 Å². The van der Waals surface area contributed by atoms with Gasteiger partial charge in [-0.1, -0.05) is 24.3 Å². The van der Waals surface area contributed by atoms with Crippen molar-refractivity contribution in [1.29, 1.82) is 0 Å². The highest BCUT2D eigenvalue weighted by Crippen LogP contribution is 2.39. The number of amides is 1. The third-order valence-electron chi connectivity index (χ3n) is 5.44. The highest BCUT2D eigenvalue weighted by molar-refractivity contribution is 7.90. The molecule has 0 spiro atoms. The molecule has 1 fully saturated rings. The van der Waals surface area contributed by atoms with E-state index in [1.165, 1.54) is 0 Å². The van der Waals surface area contributed by atoms with Crippen molar-refractivity contribution in [2.45, 2.75) is 77.7 Å². The molecule has 1 aliphatic rings. The van der Waals surface area contributed by atoms with E-state index in [9.17, 15) is 9.35 Å². The van der Waals surface area contributed by atoms with Crippen molar-refractivity contribution < 1.29 is 18.8 Å². The molecule has 2 rings (SSSR count). The zero-order valence-corrected chi connectivity index (χ0v) is 22.6. The van der Waals surface area contributed by atoms with Crippen LogP contribution in [0.25, 0.3) is 0 Å². The van der Waals surface area contributed by atoms with Crippen LogP contribution < -0.4 is 9.46 Å². The maximum atomic E-state index is 13.1. The average Bonchev–Trinajstić information content (AvgIpc) is 2.70. The maximum Gasteiger partial charge on any atom is 0.410 e. The fourth-order valence-corrected chi connectivity index (χ4v) is 4.71. The van der Waals surface area contributed by atoms with E-state index in [4.69, 9.17) is 21.1 Å². The zero-order chi connectivity index (χ0) is 25.0. The van der Waals surface area contributed by atoms with Crippen LogP contribution in [0.3, 0.4) is 0 Å². The van der Waals surface area contributed by atoms with Crippen LogP contribution >= 0.6 is 11.6 Å².